The van der Waals surface area contributed by atoms with Crippen molar-refractivity contribution in [1.29, 1.82) is 0 Å². The molecule has 0 aromatic heterocycles. The zero-order chi connectivity index (χ0) is 8.74. The first-order valence-corrected chi connectivity index (χ1v) is 3.96. The maximum absolute atomic E-state index is 9.18. The van der Waals surface area contributed by atoms with Crippen molar-refractivity contribution < 1.29 is 9.53 Å². The van der Waals surface area contributed by atoms with Crippen LogP contribution in [-0.4, -0.2) is 18.6 Å². The number of rotatable bonds is 2. The highest BCUT2D eigenvalue weighted by atomic mass is 16.5. The Balaban J connectivity index is 0.000000187. The summed E-state index contributed by atoms with van der Waals surface area (Å²) in [5.41, 5.74) is 5.84. The largest absolute Gasteiger partial charge is 0.468 e. The Labute approximate surface area is 67.9 Å². The normalized spacial score (nSPS) is 18.8. The van der Waals surface area contributed by atoms with Crippen LogP contribution in [0.3, 0.4) is 0 Å². The van der Waals surface area contributed by atoms with Gasteiger partial charge in [0.2, 0.25) is 0 Å². The van der Waals surface area contributed by atoms with E-state index in [9.17, 15) is 4.79 Å². The number of ether oxygens (including phenoxy) is 1. The predicted octanol–water partition coefficient (Wildman–Crippen LogP) is 1.07. The van der Waals surface area contributed by atoms with Crippen molar-refractivity contribution in [2.24, 2.45) is 5.73 Å². The number of hydrogen-bond acceptors (Lipinski definition) is 3. The van der Waals surface area contributed by atoms with Crippen LogP contribution in [-0.2, 0) is 9.53 Å². The predicted molar refractivity (Wildman–Crippen MR) is 44.1 cm³/mol. The van der Waals surface area contributed by atoms with Crippen molar-refractivity contribution in [2.45, 2.75) is 38.6 Å². The molecule has 0 aromatic carbocycles. The van der Waals surface area contributed by atoms with Crippen LogP contribution in [0.1, 0.15) is 33.1 Å². The Bertz CT molecular complexity index is 107. The average Bonchev–Trinajstić information content (AvgIpc) is 1.88. The highest BCUT2D eigenvalue weighted by Gasteiger charge is 2.25. The van der Waals surface area contributed by atoms with Crippen molar-refractivity contribution in [1.82, 2.24) is 0 Å². The van der Waals surface area contributed by atoms with Gasteiger partial charge >= 0.3 is 0 Å². The monoisotopic (exact) mass is 159 g/mol. The Morgan fingerprint density at radius 3 is 2.09 bits per heavy atom. The van der Waals surface area contributed by atoms with Gasteiger partial charge < -0.3 is 10.5 Å². The van der Waals surface area contributed by atoms with E-state index in [4.69, 9.17) is 5.73 Å². The summed E-state index contributed by atoms with van der Waals surface area (Å²) in [5, 5.41) is 0. The zero-order valence-corrected chi connectivity index (χ0v) is 7.30. The third kappa shape index (κ3) is 5.85. The first-order valence-electron chi connectivity index (χ1n) is 3.96. The van der Waals surface area contributed by atoms with Crippen LogP contribution in [0.25, 0.3) is 0 Å². The second-order valence-electron chi connectivity index (χ2n) is 3.06. The van der Waals surface area contributed by atoms with E-state index < -0.39 is 0 Å². The molecule has 0 unspecified atom stereocenters. The molecule has 0 amide bonds. The van der Waals surface area contributed by atoms with Crippen LogP contribution in [0.4, 0.5) is 0 Å². The van der Waals surface area contributed by atoms with E-state index in [1.165, 1.54) is 19.3 Å². The first kappa shape index (κ1) is 10.4. The van der Waals surface area contributed by atoms with Crippen molar-refractivity contribution in [3.05, 3.63) is 0 Å². The van der Waals surface area contributed by atoms with Crippen LogP contribution < -0.4 is 5.73 Å². The van der Waals surface area contributed by atoms with E-state index in [1.54, 1.807) is 6.92 Å². The third-order valence-electron chi connectivity index (χ3n) is 1.73. The second-order valence-corrected chi connectivity index (χ2v) is 3.06. The molecule has 0 bridgehead atoms. The molecule has 0 radical (unpaired) electrons. The molecule has 66 valence electrons. The molecule has 1 fully saturated rings. The summed E-state index contributed by atoms with van der Waals surface area (Å²) in [6, 6.07) is 0. The average molecular weight is 159 g/mol. The SMILES string of the molecule is CC1(N)CCC1.CCOC=O. The van der Waals surface area contributed by atoms with Crippen LogP contribution >= 0.6 is 0 Å². The highest BCUT2D eigenvalue weighted by Crippen LogP contribution is 2.27. The summed E-state index contributed by atoms with van der Waals surface area (Å²) in [6.07, 6.45) is 3.80. The minimum atomic E-state index is 0.222. The van der Waals surface area contributed by atoms with E-state index >= 15 is 0 Å². The molecule has 0 heterocycles. The van der Waals surface area contributed by atoms with E-state index in [0.717, 1.165) is 0 Å². The maximum Gasteiger partial charge on any atom is 0.293 e. The van der Waals surface area contributed by atoms with E-state index in [-0.39, 0.29) is 5.54 Å². The van der Waals surface area contributed by atoms with Crippen molar-refractivity contribution in [3.8, 4) is 0 Å². The minimum absolute atomic E-state index is 0.222. The van der Waals surface area contributed by atoms with Gasteiger partial charge in [0.25, 0.3) is 6.47 Å². The Morgan fingerprint density at radius 1 is 1.64 bits per heavy atom. The van der Waals surface area contributed by atoms with Crippen LogP contribution in [0.2, 0.25) is 0 Å². The van der Waals surface area contributed by atoms with Crippen LogP contribution in [0.5, 0.6) is 0 Å². The van der Waals surface area contributed by atoms with Gasteiger partial charge in [-0.1, -0.05) is 0 Å². The molecule has 1 aliphatic rings. The van der Waals surface area contributed by atoms with Gasteiger partial charge in [0.1, 0.15) is 0 Å². The molecular weight excluding hydrogens is 142 g/mol. The third-order valence-corrected chi connectivity index (χ3v) is 1.73. The molecule has 0 aliphatic heterocycles. The lowest BCUT2D eigenvalue weighted by Crippen LogP contribution is -2.42. The molecule has 1 aliphatic carbocycles. The van der Waals surface area contributed by atoms with Gasteiger partial charge in [0.15, 0.2) is 0 Å². The summed E-state index contributed by atoms with van der Waals surface area (Å²) in [6.45, 7) is 4.77. The molecule has 2 N–H and O–H groups in total. The van der Waals surface area contributed by atoms with Crippen molar-refractivity contribution in [3.63, 3.8) is 0 Å². The Hall–Kier alpha value is -0.570. The van der Waals surface area contributed by atoms with E-state index in [2.05, 4.69) is 11.7 Å². The zero-order valence-electron chi connectivity index (χ0n) is 7.30. The molecule has 3 nitrogen and oxygen atoms in total. The van der Waals surface area contributed by atoms with Crippen molar-refractivity contribution in [2.75, 3.05) is 6.61 Å². The lowest BCUT2D eigenvalue weighted by molar-refractivity contribution is -0.128. The van der Waals surface area contributed by atoms with Gasteiger partial charge in [-0.2, -0.15) is 0 Å². The lowest BCUT2D eigenvalue weighted by Gasteiger charge is -2.33. The molecule has 0 atom stereocenters. The summed E-state index contributed by atoms with van der Waals surface area (Å²) in [7, 11) is 0. The van der Waals surface area contributed by atoms with Gasteiger partial charge in [-0.3, -0.25) is 4.79 Å². The molecule has 0 saturated heterocycles. The number of carbonyl (C=O) groups excluding carboxylic acids is 1. The minimum Gasteiger partial charge on any atom is -0.468 e. The van der Waals surface area contributed by atoms with Gasteiger partial charge in [-0.15, -0.1) is 0 Å². The quantitative estimate of drug-likeness (QED) is 0.613. The van der Waals surface area contributed by atoms with Gasteiger partial charge in [0, 0.05) is 5.54 Å². The maximum atomic E-state index is 9.18. The molecule has 0 aromatic rings. The number of nitrogens with two attached hydrogens (primary N) is 1. The summed E-state index contributed by atoms with van der Waals surface area (Å²) < 4.78 is 4.15. The number of carbonyl (C=O) groups is 1. The van der Waals surface area contributed by atoms with E-state index in [1.807, 2.05) is 0 Å². The first-order chi connectivity index (χ1) is 5.12. The van der Waals surface area contributed by atoms with Gasteiger partial charge in [-0.05, 0) is 33.1 Å². The smallest absolute Gasteiger partial charge is 0.293 e. The molecule has 0 spiro atoms. The van der Waals surface area contributed by atoms with Crippen molar-refractivity contribution >= 4 is 6.47 Å². The van der Waals surface area contributed by atoms with Gasteiger partial charge in [-0.25, -0.2) is 0 Å². The van der Waals surface area contributed by atoms with Gasteiger partial charge in [0.05, 0.1) is 6.61 Å². The topological polar surface area (TPSA) is 52.3 Å². The molecule has 1 rings (SSSR count). The Morgan fingerprint density at radius 2 is 2.09 bits per heavy atom. The van der Waals surface area contributed by atoms with Crippen LogP contribution in [0, 0.1) is 0 Å². The fourth-order valence-electron chi connectivity index (χ4n) is 0.802. The fraction of sp³-hybridized carbons (Fsp3) is 0.875. The second kappa shape index (κ2) is 5.13. The summed E-state index contributed by atoms with van der Waals surface area (Å²) in [4.78, 5) is 9.18. The molecular formula is C8H17NO2. The summed E-state index contributed by atoms with van der Waals surface area (Å²) >= 11 is 0. The molecule has 1 saturated carbocycles. The van der Waals surface area contributed by atoms with Crippen LogP contribution in [0.15, 0.2) is 0 Å². The molecule has 3 heteroatoms. The molecule has 11 heavy (non-hydrogen) atoms. The number of hydrogen-bond donors (Lipinski definition) is 1. The summed E-state index contributed by atoms with van der Waals surface area (Å²) in [5.74, 6) is 0. The van der Waals surface area contributed by atoms with E-state index in [0.29, 0.717) is 13.1 Å². The fourth-order valence-corrected chi connectivity index (χ4v) is 0.802. The Kier molecular flexibility index (Phi) is 4.86. The highest BCUT2D eigenvalue weighted by molar-refractivity contribution is 5.36. The standard InChI is InChI=1S/C5H11N.C3H6O2/c1-5(6)3-2-4-5;1-2-5-3-4/h2-4,6H2,1H3;3H,2H2,1H3. The lowest BCUT2D eigenvalue weighted by atomic mass is 9.80.